The molecule has 3 rings (SSSR count). The van der Waals surface area contributed by atoms with E-state index in [1.165, 1.54) is 18.5 Å². The summed E-state index contributed by atoms with van der Waals surface area (Å²) in [5.74, 6) is 0.581. The SMILES string of the molecule is O=[N+]([O-])c1ccc2ncnc(NCC3CNCCO3)c2c1. The number of nitrogens with zero attached hydrogens (tertiary/aromatic N) is 3. The molecule has 2 aromatic rings. The molecular formula is C13H15N5O3. The number of ether oxygens (including phenoxy) is 1. The van der Waals surface area contributed by atoms with E-state index in [0.29, 0.717) is 29.9 Å². The summed E-state index contributed by atoms with van der Waals surface area (Å²) in [6.07, 6.45) is 1.50. The molecule has 1 unspecified atom stereocenters. The minimum atomic E-state index is -0.426. The highest BCUT2D eigenvalue weighted by atomic mass is 16.6. The molecule has 1 aliphatic rings. The predicted octanol–water partition coefficient (Wildman–Crippen LogP) is 0.938. The summed E-state index contributed by atoms with van der Waals surface area (Å²) in [5, 5.41) is 17.9. The lowest BCUT2D eigenvalue weighted by atomic mass is 10.2. The van der Waals surface area contributed by atoms with Gasteiger partial charge in [0.15, 0.2) is 0 Å². The maximum Gasteiger partial charge on any atom is 0.270 e. The maximum absolute atomic E-state index is 10.9. The highest BCUT2D eigenvalue weighted by Crippen LogP contribution is 2.24. The first kappa shape index (κ1) is 13.7. The van der Waals surface area contributed by atoms with Gasteiger partial charge in [0, 0.05) is 37.2 Å². The average Bonchev–Trinajstić information content (AvgIpc) is 2.53. The van der Waals surface area contributed by atoms with Crippen LogP contribution >= 0.6 is 0 Å². The number of rotatable bonds is 4. The summed E-state index contributed by atoms with van der Waals surface area (Å²) < 4.78 is 5.60. The van der Waals surface area contributed by atoms with E-state index >= 15 is 0 Å². The number of benzene rings is 1. The van der Waals surface area contributed by atoms with E-state index < -0.39 is 4.92 Å². The Morgan fingerprint density at radius 2 is 2.38 bits per heavy atom. The van der Waals surface area contributed by atoms with Crippen LogP contribution in [-0.4, -0.2) is 47.2 Å². The quantitative estimate of drug-likeness (QED) is 0.637. The van der Waals surface area contributed by atoms with Gasteiger partial charge in [-0.05, 0) is 6.07 Å². The second-order valence-electron chi connectivity index (χ2n) is 4.76. The average molecular weight is 289 g/mol. The summed E-state index contributed by atoms with van der Waals surface area (Å²) in [7, 11) is 0. The van der Waals surface area contributed by atoms with E-state index in [1.807, 2.05) is 0 Å². The number of nitro groups is 1. The number of morpholine rings is 1. The van der Waals surface area contributed by atoms with E-state index in [4.69, 9.17) is 4.74 Å². The van der Waals surface area contributed by atoms with E-state index in [1.54, 1.807) is 6.07 Å². The third-order valence-corrected chi connectivity index (χ3v) is 3.33. The van der Waals surface area contributed by atoms with E-state index in [2.05, 4.69) is 20.6 Å². The van der Waals surface area contributed by atoms with Crippen molar-refractivity contribution < 1.29 is 9.66 Å². The number of nitrogens with one attached hydrogen (secondary N) is 2. The highest BCUT2D eigenvalue weighted by Gasteiger charge is 2.15. The summed E-state index contributed by atoms with van der Waals surface area (Å²) in [4.78, 5) is 18.7. The maximum atomic E-state index is 10.9. The van der Waals surface area contributed by atoms with Crippen LogP contribution in [0.2, 0.25) is 0 Å². The molecule has 1 atom stereocenters. The Kier molecular flexibility index (Phi) is 3.89. The fraction of sp³-hybridized carbons (Fsp3) is 0.385. The van der Waals surface area contributed by atoms with Crippen molar-refractivity contribution in [2.45, 2.75) is 6.10 Å². The molecule has 8 nitrogen and oxygen atoms in total. The molecule has 0 spiro atoms. The molecule has 1 aliphatic heterocycles. The van der Waals surface area contributed by atoms with Crippen molar-refractivity contribution >= 4 is 22.4 Å². The molecule has 1 fully saturated rings. The van der Waals surface area contributed by atoms with Gasteiger partial charge in [-0.2, -0.15) is 0 Å². The molecule has 1 saturated heterocycles. The van der Waals surface area contributed by atoms with Gasteiger partial charge in [0.2, 0.25) is 0 Å². The first-order valence-electron chi connectivity index (χ1n) is 6.69. The Morgan fingerprint density at radius 3 is 3.14 bits per heavy atom. The van der Waals surface area contributed by atoms with Crippen LogP contribution in [-0.2, 0) is 4.74 Å². The number of fused-ring (bicyclic) bond motifs is 1. The molecule has 0 amide bonds. The lowest BCUT2D eigenvalue weighted by Gasteiger charge is -2.24. The Hall–Kier alpha value is -2.32. The molecule has 21 heavy (non-hydrogen) atoms. The van der Waals surface area contributed by atoms with E-state index in [-0.39, 0.29) is 11.8 Å². The van der Waals surface area contributed by atoms with Crippen molar-refractivity contribution in [3.05, 3.63) is 34.6 Å². The Balaban J connectivity index is 1.83. The predicted molar refractivity (Wildman–Crippen MR) is 77.3 cm³/mol. The number of hydrogen-bond acceptors (Lipinski definition) is 7. The van der Waals surface area contributed by atoms with Gasteiger partial charge in [0.1, 0.15) is 12.1 Å². The van der Waals surface area contributed by atoms with Gasteiger partial charge in [-0.25, -0.2) is 9.97 Å². The minimum Gasteiger partial charge on any atom is -0.374 e. The molecule has 2 heterocycles. The normalized spacial score (nSPS) is 18.6. The van der Waals surface area contributed by atoms with E-state index in [0.717, 1.165) is 13.1 Å². The van der Waals surface area contributed by atoms with Crippen molar-refractivity contribution in [3.63, 3.8) is 0 Å². The van der Waals surface area contributed by atoms with Crippen LogP contribution in [0.4, 0.5) is 11.5 Å². The standard InChI is InChI=1S/C13H15N5O3/c19-18(20)9-1-2-12-11(5-9)13(17-8-16-12)15-7-10-6-14-3-4-21-10/h1-2,5,8,10,14H,3-4,6-7H2,(H,15,16,17). The van der Waals surface area contributed by atoms with Crippen LogP contribution in [0.5, 0.6) is 0 Å². The van der Waals surface area contributed by atoms with Crippen LogP contribution < -0.4 is 10.6 Å². The van der Waals surface area contributed by atoms with Gasteiger partial charge in [-0.15, -0.1) is 0 Å². The zero-order chi connectivity index (χ0) is 14.7. The summed E-state index contributed by atoms with van der Waals surface area (Å²) in [5.41, 5.74) is 0.691. The largest absolute Gasteiger partial charge is 0.374 e. The molecular weight excluding hydrogens is 274 g/mol. The number of aromatic nitrogens is 2. The van der Waals surface area contributed by atoms with Crippen LogP contribution in [0.1, 0.15) is 0 Å². The highest BCUT2D eigenvalue weighted by molar-refractivity contribution is 5.90. The van der Waals surface area contributed by atoms with Crippen LogP contribution in [0.3, 0.4) is 0 Å². The van der Waals surface area contributed by atoms with Crippen molar-refractivity contribution in [1.82, 2.24) is 15.3 Å². The van der Waals surface area contributed by atoms with Crippen LogP contribution in [0, 0.1) is 10.1 Å². The molecule has 1 aromatic heterocycles. The lowest BCUT2D eigenvalue weighted by molar-refractivity contribution is -0.384. The van der Waals surface area contributed by atoms with Crippen molar-refractivity contribution in [1.29, 1.82) is 0 Å². The number of nitro benzene ring substituents is 1. The van der Waals surface area contributed by atoms with Gasteiger partial charge in [-0.1, -0.05) is 0 Å². The molecule has 2 N–H and O–H groups in total. The van der Waals surface area contributed by atoms with Gasteiger partial charge < -0.3 is 15.4 Å². The molecule has 0 aliphatic carbocycles. The Bertz CT molecular complexity index is 657. The summed E-state index contributed by atoms with van der Waals surface area (Å²) in [6.45, 7) is 2.90. The number of hydrogen-bond donors (Lipinski definition) is 2. The van der Waals surface area contributed by atoms with Gasteiger partial charge in [0.25, 0.3) is 5.69 Å². The van der Waals surface area contributed by atoms with Gasteiger partial charge in [-0.3, -0.25) is 10.1 Å². The summed E-state index contributed by atoms with van der Waals surface area (Å²) >= 11 is 0. The minimum absolute atomic E-state index is 0.0240. The second kappa shape index (κ2) is 5.98. The molecule has 0 radical (unpaired) electrons. The summed E-state index contributed by atoms with van der Waals surface area (Å²) in [6, 6.07) is 4.55. The van der Waals surface area contributed by atoms with Gasteiger partial charge in [0.05, 0.1) is 23.2 Å². The third-order valence-electron chi connectivity index (χ3n) is 3.33. The zero-order valence-electron chi connectivity index (χ0n) is 11.3. The molecule has 0 bridgehead atoms. The Labute approximate surface area is 120 Å². The monoisotopic (exact) mass is 289 g/mol. The number of anilines is 1. The smallest absolute Gasteiger partial charge is 0.270 e. The van der Waals surface area contributed by atoms with E-state index in [9.17, 15) is 10.1 Å². The molecule has 1 aromatic carbocycles. The topological polar surface area (TPSA) is 102 Å². The zero-order valence-corrected chi connectivity index (χ0v) is 11.3. The van der Waals surface area contributed by atoms with Crippen molar-refractivity contribution in [2.75, 3.05) is 31.6 Å². The lowest BCUT2D eigenvalue weighted by Crippen LogP contribution is -2.42. The van der Waals surface area contributed by atoms with Gasteiger partial charge >= 0.3 is 0 Å². The Morgan fingerprint density at radius 1 is 1.48 bits per heavy atom. The molecule has 0 saturated carbocycles. The first-order valence-corrected chi connectivity index (χ1v) is 6.69. The van der Waals surface area contributed by atoms with Crippen LogP contribution in [0.25, 0.3) is 10.9 Å². The fourth-order valence-electron chi connectivity index (χ4n) is 2.26. The van der Waals surface area contributed by atoms with Crippen LogP contribution in [0.15, 0.2) is 24.5 Å². The first-order chi connectivity index (χ1) is 10.2. The third kappa shape index (κ3) is 3.06. The van der Waals surface area contributed by atoms with Crippen molar-refractivity contribution in [3.8, 4) is 0 Å². The second-order valence-corrected chi connectivity index (χ2v) is 4.76. The molecule has 110 valence electrons. The number of non-ortho nitro benzene ring substituents is 1. The fourth-order valence-corrected chi connectivity index (χ4v) is 2.26. The van der Waals surface area contributed by atoms with Crippen molar-refractivity contribution in [2.24, 2.45) is 0 Å². The molecule has 8 heteroatoms.